The summed E-state index contributed by atoms with van der Waals surface area (Å²) in [5, 5.41) is 0. The van der Waals surface area contributed by atoms with E-state index in [9.17, 15) is 4.79 Å². The second-order valence-corrected chi connectivity index (χ2v) is 1.74. The topological polar surface area (TPSA) is 35.5 Å². The summed E-state index contributed by atoms with van der Waals surface area (Å²) in [4.78, 5) is 10.2. The van der Waals surface area contributed by atoms with E-state index in [4.69, 9.17) is 11.6 Å². The Morgan fingerprint density at radius 1 is 1.56 bits per heavy atom. The van der Waals surface area contributed by atoms with E-state index in [1.54, 1.807) is 0 Å². The van der Waals surface area contributed by atoms with Crippen molar-refractivity contribution in [2.24, 2.45) is 0 Å². The molecular weight excluding hydrogens is 144 g/mol. The molecule has 0 aliphatic rings. The number of hydrogen-bond donors (Lipinski definition) is 0. The van der Waals surface area contributed by atoms with Gasteiger partial charge in [0.1, 0.15) is 0 Å². The van der Waals surface area contributed by atoms with Crippen LogP contribution in [0.3, 0.4) is 0 Å². The number of hydrogen-bond acceptors (Lipinski definition) is 3. The van der Waals surface area contributed by atoms with Gasteiger partial charge in [-0.05, 0) is 0 Å². The van der Waals surface area contributed by atoms with Gasteiger partial charge in [-0.15, -0.1) is 11.6 Å². The Labute approximate surface area is 58.9 Å². The molecule has 0 rings (SSSR count). The van der Waals surface area contributed by atoms with Crippen LogP contribution in [-0.4, -0.2) is 32.2 Å². The fraction of sp³-hybridized carbons (Fsp3) is 0.800. The predicted octanol–water partition coefficient (Wildman–Crippen LogP) is 0.413. The maximum atomic E-state index is 10.2. The standard InChI is InChI=1S/C5H9ClO3/c1-8-5(3-6,4-7)9-2/h4H,3H2,1-2H3. The van der Waals surface area contributed by atoms with E-state index in [1.165, 1.54) is 14.2 Å². The first-order chi connectivity index (χ1) is 4.24. The van der Waals surface area contributed by atoms with Gasteiger partial charge in [0.2, 0.25) is 5.79 Å². The van der Waals surface area contributed by atoms with Crippen molar-refractivity contribution in [2.45, 2.75) is 5.79 Å². The summed E-state index contributed by atoms with van der Waals surface area (Å²) in [5.74, 6) is -1.24. The van der Waals surface area contributed by atoms with Crippen LogP contribution >= 0.6 is 11.6 Å². The second-order valence-electron chi connectivity index (χ2n) is 1.47. The number of carbonyl (C=O) groups excluding carboxylic acids is 1. The van der Waals surface area contributed by atoms with Crippen molar-refractivity contribution in [3.63, 3.8) is 0 Å². The molecule has 0 aromatic carbocycles. The van der Waals surface area contributed by atoms with Crippen molar-refractivity contribution in [3.05, 3.63) is 0 Å². The molecule has 0 saturated heterocycles. The third-order valence-corrected chi connectivity index (χ3v) is 1.43. The van der Waals surface area contributed by atoms with Gasteiger partial charge >= 0.3 is 0 Å². The van der Waals surface area contributed by atoms with Crippen molar-refractivity contribution >= 4 is 17.9 Å². The molecule has 0 amide bonds. The van der Waals surface area contributed by atoms with Crippen molar-refractivity contribution in [1.82, 2.24) is 0 Å². The summed E-state index contributed by atoms with van der Waals surface area (Å²) in [7, 11) is 2.72. The molecule has 3 nitrogen and oxygen atoms in total. The van der Waals surface area contributed by atoms with Crippen molar-refractivity contribution in [2.75, 3.05) is 20.1 Å². The molecule has 0 spiro atoms. The molecule has 0 N–H and O–H groups in total. The Bertz CT molecular complexity index is 81.9. The number of ether oxygens (including phenoxy) is 2. The van der Waals surface area contributed by atoms with Gasteiger partial charge in [0.25, 0.3) is 0 Å². The lowest BCUT2D eigenvalue weighted by Crippen LogP contribution is -2.37. The number of rotatable bonds is 4. The van der Waals surface area contributed by atoms with Crippen molar-refractivity contribution < 1.29 is 14.3 Å². The van der Waals surface area contributed by atoms with Crippen LogP contribution in [0.2, 0.25) is 0 Å². The maximum absolute atomic E-state index is 10.2. The molecule has 0 bridgehead atoms. The zero-order valence-electron chi connectivity index (χ0n) is 5.39. The molecule has 0 aromatic heterocycles. The second kappa shape index (κ2) is 3.82. The van der Waals surface area contributed by atoms with Crippen LogP contribution in [0.5, 0.6) is 0 Å². The molecule has 0 saturated carbocycles. The summed E-state index contributed by atoms with van der Waals surface area (Å²) in [6.07, 6.45) is 0.528. The first kappa shape index (κ1) is 8.88. The van der Waals surface area contributed by atoms with E-state index in [-0.39, 0.29) is 5.88 Å². The number of methoxy groups -OCH3 is 2. The Balaban J connectivity index is 3.98. The van der Waals surface area contributed by atoms with Gasteiger partial charge in [0, 0.05) is 14.2 Å². The Morgan fingerprint density at radius 3 is 2.00 bits per heavy atom. The quantitative estimate of drug-likeness (QED) is 0.333. The van der Waals surface area contributed by atoms with Crippen LogP contribution in [0.1, 0.15) is 0 Å². The van der Waals surface area contributed by atoms with Crippen LogP contribution in [0.25, 0.3) is 0 Å². The Hall–Kier alpha value is -0.120. The lowest BCUT2D eigenvalue weighted by molar-refractivity contribution is -0.184. The minimum atomic E-state index is -1.25. The highest BCUT2D eigenvalue weighted by molar-refractivity contribution is 6.19. The molecule has 0 radical (unpaired) electrons. The first-order valence-corrected chi connectivity index (χ1v) is 2.90. The van der Waals surface area contributed by atoms with Crippen LogP contribution in [0.15, 0.2) is 0 Å². The van der Waals surface area contributed by atoms with E-state index in [0.29, 0.717) is 6.29 Å². The summed E-state index contributed by atoms with van der Waals surface area (Å²) in [6, 6.07) is 0. The normalized spacial score (nSPS) is 11.4. The fourth-order valence-electron chi connectivity index (χ4n) is 0.320. The number of carbonyl (C=O) groups is 1. The monoisotopic (exact) mass is 152 g/mol. The molecule has 0 heterocycles. The van der Waals surface area contributed by atoms with Crippen molar-refractivity contribution in [3.8, 4) is 0 Å². The third-order valence-electron chi connectivity index (χ3n) is 1.06. The van der Waals surface area contributed by atoms with Gasteiger partial charge in [0.15, 0.2) is 6.29 Å². The molecule has 0 aliphatic heterocycles. The van der Waals surface area contributed by atoms with E-state index in [2.05, 4.69) is 9.47 Å². The van der Waals surface area contributed by atoms with E-state index < -0.39 is 5.79 Å². The maximum Gasteiger partial charge on any atom is 0.239 e. The highest BCUT2D eigenvalue weighted by atomic mass is 35.5. The molecule has 0 unspecified atom stereocenters. The lowest BCUT2D eigenvalue weighted by atomic mass is 10.4. The molecule has 0 fully saturated rings. The van der Waals surface area contributed by atoms with Crippen LogP contribution in [0, 0.1) is 0 Å². The number of aldehydes is 1. The number of halogens is 1. The molecule has 0 atom stereocenters. The first-order valence-electron chi connectivity index (χ1n) is 2.37. The van der Waals surface area contributed by atoms with Gasteiger partial charge in [-0.2, -0.15) is 0 Å². The average Bonchev–Trinajstić information content (AvgIpc) is 1.95. The van der Waals surface area contributed by atoms with E-state index >= 15 is 0 Å². The average molecular weight is 153 g/mol. The van der Waals surface area contributed by atoms with Crippen LogP contribution in [0.4, 0.5) is 0 Å². The zero-order valence-corrected chi connectivity index (χ0v) is 6.14. The van der Waals surface area contributed by atoms with Gasteiger partial charge in [-0.1, -0.05) is 0 Å². The highest BCUT2D eigenvalue weighted by Crippen LogP contribution is 2.08. The highest BCUT2D eigenvalue weighted by Gasteiger charge is 2.27. The van der Waals surface area contributed by atoms with Gasteiger partial charge in [-0.25, -0.2) is 0 Å². The molecule has 54 valence electrons. The summed E-state index contributed by atoms with van der Waals surface area (Å²) in [5.41, 5.74) is 0. The largest absolute Gasteiger partial charge is 0.346 e. The lowest BCUT2D eigenvalue weighted by Gasteiger charge is -2.20. The Kier molecular flexibility index (Phi) is 3.77. The van der Waals surface area contributed by atoms with Crippen molar-refractivity contribution in [1.29, 1.82) is 0 Å². The minimum Gasteiger partial charge on any atom is -0.346 e. The SMILES string of the molecule is COC(C=O)(CCl)OC. The van der Waals surface area contributed by atoms with Gasteiger partial charge in [-0.3, -0.25) is 4.79 Å². The fourth-order valence-corrected chi connectivity index (χ4v) is 0.601. The van der Waals surface area contributed by atoms with E-state index in [0.717, 1.165) is 0 Å². The summed E-state index contributed by atoms with van der Waals surface area (Å²) in [6.45, 7) is 0. The van der Waals surface area contributed by atoms with Gasteiger partial charge in [0.05, 0.1) is 5.88 Å². The predicted molar refractivity (Wildman–Crippen MR) is 33.5 cm³/mol. The smallest absolute Gasteiger partial charge is 0.239 e. The van der Waals surface area contributed by atoms with Gasteiger partial charge < -0.3 is 9.47 Å². The summed E-state index contributed by atoms with van der Waals surface area (Å²) < 4.78 is 9.33. The Morgan fingerprint density at radius 2 is 2.00 bits per heavy atom. The summed E-state index contributed by atoms with van der Waals surface area (Å²) >= 11 is 5.34. The number of alkyl halides is 1. The molecular formula is C5H9ClO3. The molecule has 9 heavy (non-hydrogen) atoms. The third kappa shape index (κ3) is 1.93. The van der Waals surface area contributed by atoms with Crippen LogP contribution < -0.4 is 0 Å². The molecule has 0 aliphatic carbocycles. The minimum absolute atomic E-state index is 0.00347. The van der Waals surface area contributed by atoms with Crippen LogP contribution in [-0.2, 0) is 14.3 Å². The van der Waals surface area contributed by atoms with E-state index in [1.807, 2.05) is 0 Å². The molecule has 4 heteroatoms. The molecule has 0 aromatic rings. The zero-order chi connectivity index (χ0) is 7.33.